The van der Waals surface area contributed by atoms with Crippen molar-refractivity contribution in [3.05, 3.63) is 70.3 Å². The van der Waals surface area contributed by atoms with Gasteiger partial charge in [-0.05, 0) is 41.8 Å². The lowest BCUT2D eigenvalue weighted by Crippen LogP contribution is -2.43. The molecule has 0 spiro atoms. The summed E-state index contributed by atoms with van der Waals surface area (Å²) in [5.41, 5.74) is 1.38. The van der Waals surface area contributed by atoms with Crippen molar-refractivity contribution < 1.29 is 9.18 Å². The summed E-state index contributed by atoms with van der Waals surface area (Å²) < 4.78 is 13.3. The molecule has 0 radical (unpaired) electrons. The SMILES string of the molecule is O=C(Nc1ccccc1N1CCNCC1)c1cc2ccc(F)cc2[nH]c1=O. The van der Waals surface area contributed by atoms with E-state index in [1.165, 1.54) is 24.3 Å². The first-order chi connectivity index (χ1) is 13.1. The van der Waals surface area contributed by atoms with Gasteiger partial charge in [-0.1, -0.05) is 12.1 Å². The van der Waals surface area contributed by atoms with E-state index < -0.39 is 17.3 Å². The number of aromatic amines is 1. The van der Waals surface area contributed by atoms with Crippen molar-refractivity contribution in [2.24, 2.45) is 0 Å². The van der Waals surface area contributed by atoms with Crippen LogP contribution in [0.5, 0.6) is 0 Å². The van der Waals surface area contributed by atoms with E-state index in [1.807, 2.05) is 24.3 Å². The predicted molar refractivity (Wildman–Crippen MR) is 104 cm³/mol. The first-order valence-corrected chi connectivity index (χ1v) is 8.80. The van der Waals surface area contributed by atoms with Gasteiger partial charge in [0.2, 0.25) is 0 Å². The summed E-state index contributed by atoms with van der Waals surface area (Å²) in [6.07, 6.45) is 0. The minimum Gasteiger partial charge on any atom is -0.367 e. The molecule has 0 aliphatic carbocycles. The van der Waals surface area contributed by atoms with Crippen molar-refractivity contribution in [3.8, 4) is 0 Å². The molecule has 4 rings (SSSR count). The van der Waals surface area contributed by atoms with Crippen molar-refractivity contribution in [1.82, 2.24) is 10.3 Å². The number of hydrogen-bond donors (Lipinski definition) is 3. The van der Waals surface area contributed by atoms with Gasteiger partial charge in [0.1, 0.15) is 11.4 Å². The standard InChI is InChI=1S/C20H19FN4O2/c21-14-6-5-13-11-15(20(27)24-17(13)12-14)19(26)23-16-3-1-2-4-18(16)25-9-7-22-8-10-25/h1-6,11-12,22H,7-10H2,(H,23,26)(H,24,27). The lowest BCUT2D eigenvalue weighted by atomic mass is 10.1. The van der Waals surface area contributed by atoms with Gasteiger partial charge >= 0.3 is 0 Å². The van der Waals surface area contributed by atoms with Gasteiger partial charge in [0.15, 0.2) is 0 Å². The molecule has 3 N–H and O–H groups in total. The molecule has 1 fully saturated rings. The van der Waals surface area contributed by atoms with Crippen molar-refractivity contribution in [1.29, 1.82) is 0 Å². The highest BCUT2D eigenvalue weighted by Gasteiger charge is 2.17. The molecule has 1 aromatic heterocycles. The lowest BCUT2D eigenvalue weighted by Gasteiger charge is -2.31. The van der Waals surface area contributed by atoms with Crippen LogP contribution in [-0.4, -0.2) is 37.1 Å². The van der Waals surface area contributed by atoms with E-state index in [9.17, 15) is 14.0 Å². The molecule has 1 aliphatic heterocycles. The van der Waals surface area contributed by atoms with Crippen LogP contribution in [0.25, 0.3) is 10.9 Å². The van der Waals surface area contributed by atoms with E-state index in [0.29, 0.717) is 16.6 Å². The quantitative estimate of drug-likeness (QED) is 0.665. The lowest BCUT2D eigenvalue weighted by molar-refractivity contribution is 0.102. The second kappa shape index (κ2) is 7.20. The topological polar surface area (TPSA) is 77.2 Å². The third-order valence-electron chi connectivity index (χ3n) is 4.66. The highest BCUT2D eigenvalue weighted by Crippen LogP contribution is 2.26. The first-order valence-electron chi connectivity index (χ1n) is 8.80. The van der Waals surface area contributed by atoms with Crippen molar-refractivity contribution in [2.75, 3.05) is 36.4 Å². The zero-order chi connectivity index (χ0) is 18.8. The van der Waals surface area contributed by atoms with Crippen molar-refractivity contribution in [3.63, 3.8) is 0 Å². The summed E-state index contributed by atoms with van der Waals surface area (Å²) >= 11 is 0. The Labute approximate surface area is 155 Å². The fourth-order valence-corrected chi connectivity index (χ4v) is 3.29. The van der Waals surface area contributed by atoms with E-state index in [-0.39, 0.29) is 5.56 Å². The number of para-hydroxylation sites is 2. The van der Waals surface area contributed by atoms with Crippen LogP contribution in [0.15, 0.2) is 53.3 Å². The second-order valence-electron chi connectivity index (χ2n) is 6.45. The molecule has 1 saturated heterocycles. The van der Waals surface area contributed by atoms with E-state index in [0.717, 1.165) is 31.9 Å². The number of nitrogens with zero attached hydrogens (tertiary/aromatic N) is 1. The molecule has 0 unspecified atom stereocenters. The van der Waals surface area contributed by atoms with Gasteiger partial charge in [-0.2, -0.15) is 0 Å². The van der Waals surface area contributed by atoms with Gasteiger partial charge in [0.25, 0.3) is 11.5 Å². The summed E-state index contributed by atoms with van der Waals surface area (Å²) in [5.74, 6) is -0.939. The number of halogens is 1. The number of rotatable bonds is 3. The Hall–Kier alpha value is -3.19. The molecule has 6 nitrogen and oxygen atoms in total. The van der Waals surface area contributed by atoms with Crippen LogP contribution in [-0.2, 0) is 0 Å². The molecule has 3 aromatic rings. The van der Waals surface area contributed by atoms with Gasteiger partial charge < -0.3 is 20.5 Å². The average Bonchev–Trinajstić information content (AvgIpc) is 2.68. The monoisotopic (exact) mass is 366 g/mol. The number of benzene rings is 2. The number of piperazine rings is 1. The van der Waals surface area contributed by atoms with Crippen LogP contribution >= 0.6 is 0 Å². The summed E-state index contributed by atoms with van der Waals surface area (Å²) in [5, 5.41) is 6.74. The highest BCUT2D eigenvalue weighted by molar-refractivity contribution is 6.07. The average molecular weight is 366 g/mol. The Morgan fingerprint density at radius 3 is 2.67 bits per heavy atom. The third-order valence-corrected chi connectivity index (χ3v) is 4.66. The molecule has 1 amide bonds. The summed E-state index contributed by atoms with van der Waals surface area (Å²) in [6.45, 7) is 3.44. The molecule has 2 heterocycles. The normalized spacial score (nSPS) is 14.3. The molecule has 0 atom stereocenters. The zero-order valence-corrected chi connectivity index (χ0v) is 14.6. The smallest absolute Gasteiger partial charge is 0.261 e. The van der Waals surface area contributed by atoms with Gasteiger partial charge in [-0.3, -0.25) is 9.59 Å². The Morgan fingerprint density at radius 1 is 1.07 bits per heavy atom. The maximum Gasteiger partial charge on any atom is 0.261 e. The summed E-state index contributed by atoms with van der Waals surface area (Å²) in [4.78, 5) is 29.8. The van der Waals surface area contributed by atoms with Crippen LogP contribution < -0.4 is 21.1 Å². The molecule has 0 saturated carbocycles. The Balaban J connectivity index is 1.65. The largest absolute Gasteiger partial charge is 0.367 e. The number of amides is 1. The number of nitrogens with one attached hydrogen (secondary N) is 3. The minimum atomic E-state index is -0.551. The third kappa shape index (κ3) is 3.54. The van der Waals surface area contributed by atoms with Gasteiger partial charge in [-0.25, -0.2) is 4.39 Å². The van der Waals surface area contributed by atoms with Crippen LogP contribution in [0.2, 0.25) is 0 Å². The Bertz CT molecular complexity index is 1060. The number of fused-ring (bicyclic) bond motifs is 1. The van der Waals surface area contributed by atoms with Crippen LogP contribution in [0, 0.1) is 5.82 Å². The number of H-pyrrole nitrogens is 1. The van der Waals surface area contributed by atoms with Crippen LogP contribution in [0.1, 0.15) is 10.4 Å². The van der Waals surface area contributed by atoms with E-state index in [4.69, 9.17) is 0 Å². The fourth-order valence-electron chi connectivity index (χ4n) is 3.29. The van der Waals surface area contributed by atoms with Gasteiger partial charge in [-0.15, -0.1) is 0 Å². The van der Waals surface area contributed by atoms with E-state index in [2.05, 4.69) is 20.5 Å². The van der Waals surface area contributed by atoms with Crippen LogP contribution in [0.4, 0.5) is 15.8 Å². The fraction of sp³-hybridized carbons (Fsp3) is 0.200. The summed E-state index contributed by atoms with van der Waals surface area (Å²) in [7, 11) is 0. The van der Waals surface area contributed by atoms with Crippen LogP contribution in [0.3, 0.4) is 0 Å². The molecule has 138 valence electrons. The Kier molecular flexibility index (Phi) is 4.60. The number of aromatic nitrogens is 1. The first kappa shape index (κ1) is 17.2. The predicted octanol–water partition coefficient (Wildman–Crippen LogP) is 2.33. The molecule has 7 heteroatoms. The summed E-state index contributed by atoms with van der Waals surface area (Å²) in [6, 6.07) is 13.1. The molecular weight excluding hydrogens is 347 g/mol. The van der Waals surface area contributed by atoms with Gasteiger partial charge in [0.05, 0.1) is 16.9 Å². The molecule has 1 aliphatic rings. The van der Waals surface area contributed by atoms with Crippen molar-refractivity contribution >= 4 is 28.2 Å². The highest BCUT2D eigenvalue weighted by atomic mass is 19.1. The van der Waals surface area contributed by atoms with Gasteiger partial charge in [0, 0.05) is 26.2 Å². The molecule has 0 bridgehead atoms. The zero-order valence-electron chi connectivity index (χ0n) is 14.6. The Morgan fingerprint density at radius 2 is 1.85 bits per heavy atom. The maximum atomic E-state index is 13.3. The number of hydrogen-bond acceptors (Lipinski definition) is 4. The maximum absolute atomic E-state index is 13.3. The van der Waals surface area contributed by atoms with E-state index in [1.54, 1.807) is 0 Å². The molecule has 27 heavy (non-hydrogen) atoms. The van der Waals surface area contributed by atoms with E-state index >= 15 is 0 Å². The number of carbonyl (C=O) groups excluding carboxylic acids is 1. The number of carbonyl (C=O) groups is 1. The molecule has 2 aromatic carbocycles. The second-order valence-corrected chi connectivity index (χ2v) is 6.45. The number of anilines is 2. The minimum absolute atomic E-state index is 0.00998. The molecular formula is C20H19FN4O2. The number of pyridine rings is 1. The van der Waals surface area contributed by atoms with Crippen molar-refractivity contribution in [2.45, 2.75) is 0 Å².